The Labute approximate surface area is 159 Å². The van der Waals surface area contributed by atoms with Gasteiger partial charge in [-0.25, -0.2) is 12.8 Å². The van der Waals surface area contributed by atoms with Crippen molar-refractivity contribution in [3.8, 4) is 0 Å². The van der Waals surface area contributed by atoms with E-state index >= 15 is 0 Å². The predicted molar refractivity (Wildman–Crippen MR) is 103 cm³/mol. The third kappa shape index (κ3) is 3.98. The van der Waals surface area contributed by atoms with E-state index in [-0.39, 0.29) is 18.0 Å². The number of rotatable bonds is 5. The lowest BCUT2D eigenvalue weighted by atomic mass is 9.99. The molecule has 0 spiro atoms. The molecule has 144 valence electrons. The van der Waals surface area contributed by atoms with Crippen molar-refractivity contribution in [1.82, 2.24) is 4.90 Å². The molecule has 0 unspecified atom stereocenters. The van der Waals surface area contributed by atoms with E-state index in [1.54, 1.807) is 17.9 Å². The highest BCUT2D eigenvalue weighted by Gasteiger charge is 2.36. The topological polar surface area (TPSA) is 57.7 Å². The van der Waals surface area contributed by atoms with Crippen LogP contribution in [-0.2, 0) is 27.8 Å². The van der Waals surface area contributed by atoms with E-state index in [0.29, 0.717) is 13.1 Å². The first-order valence-electron chi connectivity index (χ1n) is 8.92. The second-order valence-electron chi connectivity index (χ2n) is 6.71. The smallest absolute Gasteiger partial charge is 0.246 e. The average molecular weight is 390 g/mol. The number of hydrogen-bond donors (Lipinski definition) is 0. The van der Waals surface area contributed by atoms with Crippen molar-refractivity contribution in [3.63, 3.8) is 0 Å². The molecule has 5 nitrogen and oxygen atoms in total. The van der Waals surface area contributed by atoms with Crippen molar-refractivity contribution in [2.24, 2.45) is 0 Å². The number of para-hydroxylation sites is 1. The Kier molecular flexibility index (Phi) is 5.51. The largest absolute Gasteiger partial charge is 0.336 e. The van der Waals surface area contributed by atoms with E-state index in [2.05, 4.69) is 0 Å². The summed E-state index contributed by atoms with van der Waals surface area (Å²) in [7, 11) is -3.85. The maximum Gasteiger partial charge on any atom is 0.246 e. The average Bonchev–Trinajstić information content (AvgIpc) is 2.65. The van der Waals surface area contributed by atoms with E-state index in [0.717, 1.165) is 22.5 Å². The zero-order valence-electron chi connectivity index (χ0n) is 15.4. The quantitative estimate of drug-likeness (QED) is 0.789. The molecule has 0 radical (unpaired) electrons. The Balaban J connectivity index is 1.94. The monoisotopic (exact) mass is 390 g/mol. The number of sulfonamides is 1. The number of carbonyl (C=O) groups is 1. The maximum absolute atomic E-state index is 14.3. The van der Waals surface area contributed by atoms with E-state index < -0.39 is 21.9 Å². The van der Waals surface area contributed by atoms with Gasteiger partial charge in [0.25, 0.3) is 0 Å². The van der Waals surface area contributed by atoms with Crippen molar-refractivity contribution in [2.45, 2.75) is 32.4 Å². The molecule has 2 aromatic carbocycles. The number of fused-ring (bicyclic) bond motifs is 1. The molecule has 0 aromatic heterocycles. The second-order valence-corrected chi connectivity index (χ2v) is 8.57. The molecule has 7 heteroatoms. The summed E-state index contributed by atoms with van der Waals surface area (Å²) in [5.41, 5.74) is 2.16. The second kappa shape index (κ2) is 7.68. The van der Waals surface area contributed by atoms with Crippen LogP contribution in [0.4, 0.5) is 10.1 Å². The van der Waals surface area contributed by atoms with Crippen LogP contribution in [-0.4, -0.2) is 38.1 Å². The lowest BCUT2D eigenvalue weighted by Crippen LogP contribution is -2.52. The predicted octanol–water partition coefficient (Wildman–Crippen LogP) is 2.96. The van der Waals surface area contributed by atoms with E-state index in [9.17, 15) is 17.6 Å². The van der Waals surface area contributed by atoms with Crippen LogP contribution >= 0.6 is 0 Å². The van der Waals surface area contributed by atoms with E-state index in [1.807, 2.05) is 24.3 Å². The van der Waals surface area contributed by atoms with Crippen molar-refractivity contribution in [2.75, 3.05) is 17.1 Å². The number of carbonyl (C=O) groups excluding carboxylic acids is 1. The summed E-state index contributed by atoms with van der Waals surface area (Å²) >= 11 is 0. The Morgan fingerprint density at radius 3 is 2.41 bits per heavy atom. The van der Waals surface area contributed by atoms with Crippen LogP contribution in [0.15, 0.2) is 48.5 Å². The first kappa shape index (κ1) is 19.4. The van der Waals surface area contributed by atoms with E-state index in [1.165, 1.54) is 23.8 Å². The minimum absolute atomic E-state index is 0.0994. The Hall–Kier alpha value is -2.41. The molecule has 1 aliphatic rings. The van der Waals surface area contributed by atoms with Gasteiger partial charge in [-0.05, 0) is 36.1 Å². The van der Waals surface area contributed by atoms with Gasteiger partial charge in [-0.3, -0.25) is 9.10 Å². The molecule has 1 aliphatic heterocycles. The molecule has 0 bridgehead atoms. The van der Waals surface area contributed by atoms with Crippen LogP contribution in [0.25, 0.3) is 0 Å². The van der Waals surface area contributed by atoms with Crippen molar-refractivity contribution in [1.29, 1.82) is 0 Å². The molecule has 3 rings (SSSR count). The minimum Gasteiger partial charge on any atom is -0.336 e. The zero-order chi connectivity index (χ0) is 19.6. The van der Waals surface area contributed by atoms with Gasteiger partial charge in [0.05, 0.1) is 11.9 Å². The highest BCUT2D eigenvalue weighted by atomic mass is 32.2. The lowest BCUT2D eigenvalue weighted by molar-refractivity contribution is -0.133. The van der Waals surface area contributed by atoms with Gasteiger partial charge in [0.1, 0.15) is 11.9 Å². The summed E-state index contributed by atoms with van der Waals surface area (Å²) in [5, 5.41) is 0. The summed E-state index contributed by atoms with van der Waals surface area (Å²) < 4.78 is 40.2. The van der Waals surface area contributed by atoms with Gasteiger partial charge < -0.3 is 4.90 Å². The molecule has 0 aliphatic carbocycles. The fourth-order valence-electron chi connectivity index (χ4n) is 3.54. The van der Waals surface area contributed by atoms with E-state index in [4.69, 9.17) is 0 Å². The van der Waals surface area contributed by atoms with Gasteiger partial charge in [-0.1, -0.05) is 43.3 Å². The van der Waals surface area contributed by atoms with Gasteiger partial charge >= 0.3 is 0 Å². The van der Waals surface area contributed by atoms with Gasteiger partial charge in [-0.15, -0.1) is 0 Å². The number of anilines is 1. The van der Waals surface area contributed by atoms with Crippen LogP contribution in [0.3, 0.4) is 0 Å². The Morgan fingerprint density at radius 2 is 1.78 bits per heavy atom. The lowest BCUT2D eigenvalue weighted by Gasteiger charge is -2.36. The normalized spacial score (nSPS) is 15.1. The van der Waals surface area contributed by atoms with Crippen LogP contribution in [0, 0.1) is 5.82 Å². The number of hydrogen-bond acceptors (Lipinski definition) is 3. The van der Waals surface area contributed by atoms with Gasteiger partial charge in [0.15, 0.2) is 0 Å². The molecule has 0 saturated carbocycles. The molecular weight excluding hydrogens is 367 g/mol. The maximum atomic E-state index is 14.3. The van der Waals surface area contributed by atoms with Crippen molar-refractivity contribution >= 4 is 21.6 Å². The third-order valence-electron chi connectivity index (χ3n) is 4.84. The molecule has 27 heavy (non-hydrogen) atoms. The summed E-state index contributed by atoms with van der Waals surface area (Å²) in [6.45, 7) is 2.68. The fourth-order valence-corrected chi connectivity index (χ4v) is 4.75. The summed E-state index contributed by atoms with van der Waals surface area (Å²) in [4.78, 5) is 14.9. The first-order chi connectivity index (χ1) is 12.8. The molecule has 0 N–H and O–H groups in total. The van der Waals surface area contributed by atoms with Crippen LogP contribution in [0.1, 0.15) is 24.5 Å². The third-order valence-corrected chi connectivity index (χ3v) is 6.01. The van der Waals surface area contributed by atoms with Crippen LogP contribution < -0.4 is 4.31 Å². The SMILES string of the molecule is CC[C@@H](C(=O)N1CCc2ccccc2C1)N(c1ccccc1F)S(C)(=O)=O. The zero-order valence-corrected chi connectivity index (χ0v) is 16.2. The highest BCUT2D eigenvalue weighted by Crippen LogP contribution is 2.27. The highest BCUT2D eigenvalue weighted by molar-refractivity contribution is 7.92. The standard InChI is InChI=1S/C20H23FN2O3S/c1-3-18(23(27(2,25)26)19-11-7-6-10-17(19)21)20(24)22-13-12-15-8-4-5-9-16(15)14-22/h4-11,18H,3,12-14H2,1-2H3/t18-/m0/s1. The molecule has 1 atom stereocenters. The molecule has 0 saturated heterocycles. The first-order valence-corrected chi connectivity index (χ1v) is 10.8. The summed E-state index contributed by atoms with van der Waals surface area (Å²) in [6.07, 6.45) is 1.97. The number of amides is 1. The number of benzene rings is 2. The number of halogens is 1. The van der Waals surface area contributed by atoms with Gasteiger partial charge in [0.2, 0.25) is 15.9 Å². The van der Waals surface area contributed by atoms with Gasteiger partial charge in [-0.2, -0.15) is 0 Å². The molecule has 2 aromatic rings. The molecular formula is C20H23FN2O3S. The molecule has 0 fully saturated rings. The van der Waals surface area contributed by atoms with Crippen LogP contribution in [0.5, 0.6) is 0 Å². The Morgan fingerprint density at radius 1 is 1.15 bits per heavy atom. The van der Waals surface area contributed by atoms with Crippen LogP contribution in [0.2, 0.25) is 0 Å². The van der Waals surface area contributed by atoms with Crippen molar-refractivity contribution < 1.29 is 17.6 Å². The fraction of sp³-hybridized carbons (Fsp3) is 0.350. The summed E-state index contributed by atoms with van der Waals surface area (Å²) in [6, 6.07) is 12.6. The molecule has 1 amide bonds. The molecule has 1 heterocycles. The minimum atomic E-state index is -3.85. The Bertz CT molecular complexity index is 946. The van der Waals surface area contributed by atoms with Gasteiger partial charge in [0, 0.05) is 13.1 Å². The summed E-state index contributed by atoms with van der Waals surface area (Å²) in [5.74, 6) is -0.973. The number of nitrogens with zero attached hydrogens (tertiary/aromatic N) is 2. The van der Waals surface area contributed by atoms with Crippen molar-refractivity contribution in [3.05, 3.63) is 65.5 Å².